The van der Waals surface area contributed by atoms with Gasteiger partial charge in [-0.05, 0) is 13.3 Å². The van der Waals surface area contributed by atoms with E-state index in [4.69, 9.17) is 4.74 Å². The molecule has 1 amide bonds. The summed E-state index contributed by atoms with van der Waals surface area (Å²) in [5.41, 5.74) is 0. The molecular weight excluding hydrogens is 261 g/mol. The van der Waals surface area contributed by atoms with Gasteiger partial charge in [-0.15, -0.1) is 0 Å². The maximum absolute atomic E-state index is 12.9. The lowest BCUT2D eigenvalue weighted by molar-refractivity contribution is -0.274. The lowest BCUT2D eigenvalue weighted by Crippen LogP contribution is -2.53. The lowest BCUT2D eigenvalue weighted by atomic mass is 10.1. The van der Waals surface area contributed by atoms with E-state index in [9.17, 15) is 26.7 Å². The van der Waals surface area contributed by atoms with Gasteiger partial charge in [-0.25, -0.2) is 0 Å². The molecular formula is C10H14F5NO2. The van der Waals surface area contributed by atoms with Gasteiger partial charge in [-0.3, -0.25) is 4.79 Å². The van der Waals surface area contributed by atoms with Gasteiger partial charge in [0.1, 0.15) is 0 Å². The predicted octanol–water partition coefficient (Wildman–Crippen LogP) is 2.07. The Kier molecular flexibility index (Phi) is 4.52. The van der Waals surface area contributed by atoms with Crippen LogP contribution in [0.3, 0.4) is 0 Å². The van der Waals surface area contributed by atoms with Gasteiger partial charge in [0.25, 0.3) is 0 Å². The van der Waals surface area contributed by atoms with Crippen LogP contribution in [0.2, 0.25) is 0 Å². The van der Waals surface area contributed by atoms with Gasteiger partial charge in [0.2, 0.25) is 0 Å². The van der Waals surface area contributed by atoms with Crippen molar-refractivity contribution in [1.82, 2.24) is 4.90 Å². The molecule has 1 rings (SSSR count). The molecule has 0 aromatic heterocycles. The summed E-state index contributed by atoms with van der Waals surface area (Å²) in [6.45, 7) is 1.75. The first kappa shape index (κ1) is 15.1. The number of alkyl halides is 5. The number of hydrogen-bond donors (Lipinski definition) is 0. The van der Waals surface area contributed by atoms with Crippen LogP contribution >= 0.6 is 0 Å². The summed E-state index contributed by atoms with van der Waals surface area (Å²) in [6, 6.07) is 0. The third-order valence-corrected chi connectivity index (χ3v) is 2.80. The Morgan fingerprint density at radius 2 is 1.94 bits per heavy atom. The molecule has 0 radical (unpaired) electrons. The van der Waals surface area contributed by atoms with Crippen molar-refractivity contribution >= 4 is 5.91 Å². The van der Waals surface area contributed by atoms with E-state index >= 15 is 0 Å². The van der Waals surface area contributed by atoms with Gasteiger partial charge < -0.3 is 9.64 Å². The average Bonchev–Trinajstić information content (AvgIpc) is 2.75. The minimum Gasteiger partial charge on any atom is -0.381 e. The quantitative estimate of drug-likeness (QED) is 0.735. The van der Waals surface area contributed by atoms with E-state index in [1.54, 1.807) is 0 Å². The molecule has 3 nitrogen and oxygen atoms in total. The standard InChI is InChI=1S/C10H14F5NO2/c1-2-16(5-7-3-4-18-6-7)8(17)9(11,12)10(13,14)15/h7H,2-6H2,1H3. The highest BCUT2D eigenvalue weighted by atomic mass is 19.4. The Morgan fingerprint density at radius 3 is 2.33 bits per heavy atom. The van der Waals surface area contributed by atoms with Crippen molar-refractivity contribution in [2.45, 2.75) is 25.4 Å². The highest BCUT2D eigenvalue weighted by Crippen LogP contribution is 2.37. The van der Waals surface area contributed by atoms with Crippen LogP contribution in [0.5, 0.6) is 0 Å². The number of carbonyl (C=O) groups is 1. The molecule has 0 aliphatic carbocycles. The Bertz CT molecular complexity index is 299. The van der Waals surface area contributed by atoms with Crippen molar-refractivity contribution in [3.63, 3.8) is 0 Å². The number of ether oxygens (including phenoxy) is 1. The van der Waals surface area contributed by atoms with E-state index < -0.39 is 18.0 Å². The van der Waals surface area contributed by atoms with Crippen molar-refractivity contribution in [1.29, 1.82) is 0 Å². The Hall–Kier alpha value is -0.920. The van der Waals surface area contributed by atoms with E-state index in [0.717, 1.165) is 0 Å². The summed E-state index contributed by atoms with van der Waals surface area (Å²) in [7, 11) is 0. The first-order valence-corrected chi connectivity index (χ1v) is 5.51. The molecule has 1 saturated heterocycles. The fourth-order valence-corrected chi connectivity index (χ4v) is 1.71. The molecule has 0 aromatic rings. The summed E-state index contributed by atoms with van der Waals surface area (Å²) in [6.07, 6.45) is -5.30. The highest BCUT2D eigenvalue weighted by molar-refractivity contribution is 5.84. The molecule has 1 heterocycles. The monoisotopic (exact) mass is 275 g/mol. The van der Waals surface area contributed by atoms with Crippen LogP contribution in [-0.2, 0) is 9.53 Å². The molecule has 0 saturated carbocycles. The second kappa shape index (κ2) is 5.38. The number of rotatable bonds is 4. The Balaban J connectivity index is 2.72. The van der Waals surface area contributed by atoms with Crippen molar-refractivity contribution in [3.05, 3.63) is 0 Å². The van der Waals surface area contributed by atoms with Crippen LogP contribution in [0.1, 0.15) is 13.3 Å². The first-order valence-electron chi connectivity index (χ1n) is 5.51. The van der Waals surface area contributed by atoms with Gasteiger partial charge >= 0.3 is 18.0 Å². The minimum absolute atomic E-state index is 0.138. The molecule has 8 heteroatoms. The van der Waals surface area contributed by atoms with E-state index in [1.165, 1.54) is 6.92 Å². The maximum Gasteiger partial charge on any atom is 0.463 e. The molecule has 106 valence electrons. The topological polar surface area (TPSA) is 29.5 Å². The van der Waals surface area contributed by atoms with Crippen LogP contribution in [0.15, 0.2) is 0 Å². The molecule has 0 bridgehead atoms. The van der Waals surface area contributed by atoms with Crippen LogP contribution in [0, 0.1) is 5.92 Å². The largest absolute Gasteiger partial charge is 0.463 e. The van der Waals surface area contributed by atoms with E-state index in [-0.39, 0.29) is 25.6 Å². The SMILES string of the molecule is CCN(CC1CCOC1)C(=O)C(F)(F)C(F)(F)F. The molecule has 1 aliphatic rings. The fraction of sp³-hybridized carbons (Fsp3) is 0.900. The zero-order chi connectivity index (χ0) is 14.0. The molecule has 1 aliphatic heterocycles. The van der Waals surface area contributed by atoms with Gasteiger partial charge in [-0.2, -0.15) is 22.0 Å². The Labute approximate surface area is 101 Å². The molecule has 1 fully saturated rings. The molecule has 0 spiro atoms. The second-order valence-corrected chi connectivity index (χ2v) is 4.15. The van der Waals surface area contributed by atoms with Crippen molar-refractivity contribution in [3.8, 4) is 0 Å². The number of hydrogen-bond acceptors (Lipinski definition) is 2. The number of amides is 1. The van der Waals surface area contributed by atoms with Crippen molar-refractivity contribution < 1.29 is 31.5 Å². The molecule has 1 unspecified atom stereocenters. The first-order chi connectivity index (χ1) is 8.20. The summed E-state index contributed by atoms with van der Waals surface area (Å²) < 4.78 is 67.0. The Morgan fingerprint density at radius 1 is 1.33 bits per heavy atom. The van der Waals surface area contributed by atoms with Crippen LogP contribution < -0.4 is 0 Å². The van der Waals surface area contributed by atoms with E-state index in [2.05, 4.69) is 0 Å². The summed E-state index contributed by atoms with van der Waals surface area (Å²) in [4.78, 5) is 11.8. The number of halogens is 5. The fourth-order valence-electron chi connectivity index (χ4n) is 1.71. The van der Waals surface area contributed by atoms with Gasteiger partial charge in [0.05, 0.1) is 6.61 Å². The van der Waals surface area contributed by atoms with Crippen molar-refractivity contribution in [2.75, 3.05) is 26.3 Å². The summed E-state index contributed by atoms with van der Waals surface area (Å²) in [5.74, 6) is -7.70. The zero-order valence-corrected chi connectivity index (χ0v) is 9.77. The number of nitrogens with zero attached hydrogens (tertiary/aromatic N) is 1. The van der Waals surface area contributed by atoms with Crippen LogP contribution in [0.4, 0.5) is 22.0 Å². The third kappa shape index (κ3) is 3.09. The summed E-state index contributed by atoms with van der Waals surface area (Å²) >= 11 is 0. The molecule has 0 N–H and O–H groups in total. The van der Waals surface area contributed by atoms with Gasteiger partial charge in [-0.1, -0.05) is 0 Å². The normalized spacial score (nSPS) is 21.1. The smallest absolute Gasteiger partial charge is 0.381 e. The predicted molar refractivity (Wildman–Crippen MR) is 52.2 cm³/mol. The lowest BCUT2D eigenvalue weighted by Gasteiger charge is -2.28. The zero-order valence-electron chi connectivity index (χ0n) is 9.77. The van der Waals surface area contributed by atoms with Gasteiger partial charge in [0, 0.05) is 25.6 Å². The molecule has 18 heavy (non-hydrogen) atoms. The second-order valence-electron chi connectivity index (χ2n) is 4.15. The van der Waals surface area contributed by atoms with Crippen molar-refractivity contribution in [2.24, 2.45) is 5.92 Å². The number of carbonyl (C=O) groups excluding carboxylic acids is 1. The minimum atomic E-state index is -5.86. The average molecular weight is 275 g/mol. The van der Waals surface area contributed by atoms with Crippen LogP contribution in [-0.4, -0.2) is 49.2 Å². The van der Waals surface area contributed by atoms with Gasteiger partial charge in [0.15, 0.2) is 0 Å². The van der Waals surface area contributed by atoms with Crippen LogP contribution in [0.25, 0.3) is 0 Å². The van der Waals surface area contributed by atoms with E-state index in [1.807, 2.05) is 0 Å². The maximum atomic E-state index is 12.9. The third-order valence-electron chi connectivity index (χ3n) is 2.80. The highest BCUT2D eigenvalue weighted by Gasteiger charge is 2.64. The molecule has 0 aromatic carbocycles. The summed E-state index contributed by atoms with van der Waals surface area (Å²) in [5, 5.41) is 0. The molecule has 1 atom stereocenters. The van der Waals surface area contributed by atoms with E-state index in [0.29, 0.717) is 17.9 Å².